The van der Waals surface area contributed by atoms with Crippen LogP contribution in [0.15, 0.2) is 24.5 Å². The summed E-state index contributed by atoms with van der Waals surface area (Å²) >= 11 is 0. The third-order valence-electron chi connectivity index (χ3n) is 2.74. The molecule has 0 aliphatic heterocycles. The molecule has 7 nitrogen and oxygen atoms in total. The van der Waals surface area contributed by atoms with Gasteiger partial charge >= 0.3 is 5.69 Å². The fourth-order valence-corrected chi connectivity index (χ4v) is 1.85. The normalized spacial score (nSPS) is 10.3. The number of aromatic nitrogens is 2. The first-order valence-corrected chi connectivity index (χ1v) is 5.46. The molecule has 0 unspecified atom stereocenters. The minimum absolute atomic E-state index is 0.102. The van der Waals surface area contributed by atoms with Crippen molar-refractivity contribution in [3.05, 3.63) is 34.6 Å². The van der Waals surface area contributed by atoms with E-state index >= 15 is 0 Å². The zero-order chi connectivity index (χ0) is 14.0. The van der Waals surface area contributed by atoms with Crippen LogP contribution in [0.2, 0.25) is 0 Å². The maximum atomic E-state index is 11.1. The van der Waals surface area contributed by atoms with Crippen LogP contribution in [0, 0.1) is 10.1 Å². The summed E-state index contributed by atoms with van der Waals surface area (Å²) in [6, 6.07) is 3.08. The topological polar surface area (TPSA) is 79.4 Å². The van der Waals surface area contributed by atoms with Crippen molar-refractivity contribution in [3.63, 3.8) is 0 Å². The smallest absolute Gasteiger partial charge is 0.315 e. The summed E-state index contributed by atoms with van der Waals surface area (Å²) in [5, 5.41) is 11.1. The van der Waals surface area contributed by atoms with Crippen molar-refractivity contribution in [2.24, 2.45) is 7.05 Å². The summed E-state index contributed by atoms with van der Waals surface area (Å²) in [5.74, 6) is 1.02. The predicted octanol–water partition coefficient (Wildman–Crippen LogP) is 2.01. The Morgan fingerprint density at radius 1 is 1.32 bits per heavy atom. The first-order chi connectivity index (χ1) is 9.08. The lowest BCUT2D eigenvalue weighted by Gasteiger charge is -2.10. The number of nitro groups is 1. The number of nitrogens with zero attached hydrogens (tertiary/aromatic N) is 3. The number of nitro benzene ring substituents is 1. The molecule has 2 aromatic rings. The lowest BCUT2D eigenvalue weighted by atomic mass is 10.1. The van der Waals surface area contributed by atoms with Gasteiger partial charge in [-0.2, -0.15) is 0 Å². The highest BCUT2D eigenvalue weighted by atomic mass is 16.6. The fraction of sp³-hybridized carbons (Fsp3) is 0.250. The average Bonchev–Trinajstić information content (AvgIpc) is 2.83. The van der Waals surface area contributed by atoms with Gasteiger partial charge in [-0.3, -0.25) is 10.1 Å². The van der Waals surface area contributed by atoms with Crippen LogP contribution in [-0.4, -0.2) is 28.7 Å². The van der Waals surface area contributed by atoms with Crippen LogP contribution in [-0.2, 0) is 7.05 Å². The molecule has 1 heterocycles. The largest absolute Gasteiger partial charge is 0.493 e. The van der Waals surface area contributed by atoms with Gasteiger partial charge in [0.2, 0.25) is 5.75 Å². The van der Waals surface area contributed by atoms with E-state index in [4.69, 9.17) is 9.47 Å². The Hall–Kier alpha value is -2.57. The molecular weight excluding hydrogens is 250 g/mol. The molecule has 19 heavy (non-hydrogen) atoms. The molecule has 0 amide bonds. The van der Waals surface area contributed by atoms with Gasteiger partial charge in [-0.15, -0.1) is 0 Å². The Morgan fingerprint density at radius 2 is 2.05 bits per heavy atom. The zero-order valence-electron chi connectivity index (χ0n) is 10.8. The second-order valence-corrected chi connectivity index (χ2v) is 3.85. The lowest BCUT2D eigenvalue weighted by Crippen LogP contribution is -1.99. The van der Waals surface area contributed by atoms with Gasteiger partial charge in [0.05, 0.1) is 19.1 Å². The van der Waals surface area contributed by atoms with Crippen LogP contribution in [0.3, 0.4) is 0 Å². The van der Waals surface area contributed by atoms with Gasteiger partial charge in [-0.05, 0) is 6.07 Å². The molecule has 0 aliphatic carbocycles. The SMILES string of the molecule is COc1cc(-c2nccn2C)cc([N+](=O)[O-])c1OC. The number of ether oxygens (including phenoxy) is 2. The highest BCUT2D eigenvalue weighted by molar-refractivity contribution is 5.69. The van der Waals surface area contributed by atoms with Crippen LogP contribution >= 0.6 is 0 Å². The molecule has 0 fully saturated rings. The fourth-order valence-electron chi connectivity index (χ4n) is 1.85. The Bertz CT molecular complexity index is 621. The molecule has 0 bridgehead atoms. The van der Waals surface area contributed by atoms with Gasteiger partial charge in [-0.25, -0.2) is 4.98 Å². The Labute approximate surface area is 109 Å². The number of benzene rings is 1. The van der Waals surface area contributed by atoms with E-state index in [9.17, 15) is 10.1 Å². The van der Waals surface area contributed by atoms with Gasteiger partial charge in [0.25, 0.3) is 0 Å². The van der Waals surface area contributed by atoms with Crippen molar-refractivity contribution >= 4 is 5.69 Å². The molecule has 1 aromatic heterocycles. The molecule has 0 saturated carbocycles. The van der Waals surface area contributed by atoms with Crippen LogP contribution in [0.5, 0.6) is 11.5 Å². The van der Waals surface area contributed by atoms with Crippen molar-refractivity contribution in [2.45, 2.75) is 0 Å². The number of methoxy groups -OCH3 is 2. The Kier molecular flexibility index (Phi) is 3.37. The first-order valence-electron chi connectivity index (χ1n) is 5.46. The zero-order valence-corrected chi connectivity index (χ0v) is 10.8. The van der Waals surface area contributed by atoms with E-state index in [1.54, 1.807) is 23.0 Å². The molecule has 7 heteroatoms. The second-order valence-electron chi connectivity index (χ2n) is 3.85. The van der Waals surface area contributed by atoms with E-state index in [1.807, 2.05) is 7.05 Å². The van der Waals surface area contributed by atoms with E-state index in [-0.39, 0.29) is 11.4 Å². The molecule has 1 aromatic carbocycles. The van der Waals surface area contributed by atoms with Crippen LogP contribution in [0.1, 0.15) is 0 Å². The Balaban J connectivity index is 2.68. The monoisotopic (exact) mass is 263 g/mol. The Morgan fingerprint density at radius 3 is 2.53 bits per heavy atom. The lowest BCUT2D eigenvalue weighted by molar-refractivity contribution is -0.385. The van der Waals surface area contributed by atoms with Crippen molar-refractivity contribution < 1.29 is 14.4 Å². The minimum Gasteiger partial charge on any atom is -0.493 e. The van der Waals surface area contributed by atoms with Gasteiger partial charge < -0.3 is 14.0 Å². The van der Waals surface area contributed by atoms with E-state index in [2.05, 4.69) is 4.98 Å². The van der Waals surface area contributed by atoms with Crippen molar-refractivity contribution in [1.29, 1.82) is 0 Å². The summed E-state index contributed by atoms with van der Waals surface area (Å²) in [4.78, 5) is 14.8. The highest BCUT2D eigenvalue weighted by Crippen LogP contribution is 2.40. The predicted molar refractivity (Wildman–Crippen MR) is 68.4 cm³/mol. The van der Waals surface area contributed by atoms with E-state index in [0.29, 0.717) is 17.1 Å². The number of rotatable bonds is 4. The molecule has 2 rings (SSSR count). The van der Waals surface area contributed by atoms with Crippen molar-refractivity contribution in [2.75, 3.05) is 14.2 Å². The van der Waals surface area contributed by atoms with Crippen molar-refractivity contribution in [3.8, 4) is 22.9 Å². The molecule has 0 atom stereocenters. The first kappa shape index (κ1) is 12.9. The van der Waals surface area contributed by atoms with Gasteiger partial charge in [-0.1, -0.05) is 0 Å². The van der Waals surface area contributed by atoms with E-state index in [0.717, 1.165) is 0 Å². The third-order valence-corrected chi connectivity index (χ3v) is 2.74. The summed E-state index contributed by atoms with van der Waals surface area (Å²) in [5.41, 5.74) is 0.441. The minimum atomic E-state index is -0.506. The molecule has 100 valence electrons. The van der Waals surface area contributed by atoms with Crippen LogP contribution < -0.4 is 9.47 Å². The van der Waals surface area contributed by atoms with E-state index in [1.165, 1.54) is 20.3 Å². The molecule has 0 radical (unpaired) electrons. The van der Waals surface area contributed by atoms with Gasteiger partial charge in [0.1, 0.15) is 5.82 Å². The summed E-state index contributed by atoms with van der Waals surface area (Å²) in [6.45, 7) is 0. The number of hydrogen-bond donors (Lipinski definition) is 0. The molecule has 0 spiro atoms. The number of imidazole rings is 1. The summed E-state index contributed by atoms with van der Waals surface area (Å²) in [7, 11) is 4.61. The molecule has 0 N–H and O–H groups in total. The van der Waals surface area contributed by atoms with Gasteiger partial charge in [0.15, 0.2) is 5.75 Å². The maximum absolute atomic E-state index is 11.1. The quantitative estimate of drug-likeness (QED) is 0.622. The molecular formula is C12H13N3O4. The third kappa shape index (κ3) is 2.22. The van der Waals surface area contributed by atoms with Crippen LogP contribution in [0.4, 0.5) is 5.69 Å². The average molecular weight is 263 g/mol. The maximum Gasteiger partial charge on any atom is 0.315 e. The van der Waals surface area contributed by atoms with Crippen LogP contribution in [0.25, 0.3) is 11.4 Å². The molecule has 0 aliphatic rings. The van der Waals surface area contributed by atoms with E-state index < -0.39 is 4.92 Å². The summed E-state index contributed by atoms with van der Waals surface area (Å²) in [6.07, 6.45) is 3.38. The number of hydrogen-bond acceptors (Lipinski definition) is 5. The standard InChI is InChI=1S/C12H13N3O4/c1-14-5-4-13-12(14)8-6-9(15(16)17)11(19-3)10(7-8)18-2/h4-7H,1-3H3. The van der Waals surface area contributed by atoms with Crippen molar-refractivity contribution in [1.82, 2.24) is 9.55 Å². The summed E-state index contributed by atoms with van der Waals surface area (Å²) < 4.78 is 11.9. The highest BCUT2D eigenvalue weighted by Gasteiger charge is 2.23. The second kappa shape index (κ2) is 4.97. The number of aryl methyl sites for hydroxylation is 1. The van der Waals surface area contributed by atoms with Gasteiger partial charge in [0, 0.05) is 31.1 Å². The molecule has 0 saturated heterocycles.